The van der Waals surface area contributed by atoms with Crippen molar-refractivity contribution in [1.29, 1.82) is 0 Å². The third kappa shape index (κ3) is 4.91. The van der Waals surface area contributed by atoms with Crippen LogP contribution in [-0.4, -0.2) is 60.2 Å². The second-order valence-corrected chi connectivity index (χ2v) is 9.22. The largest absolute Gasteiger partial charge is 0.493 e. The number of benzene rings is 2. The zero-order valence-electron chi connectivity index (χ0n) is 18.6. The molecule has 2 aromatic rings. The molecule has 1 heterocycles. The van der Waals surface area contributed by atoms with E-state index in [2.05, 4.69) is 5.32 Å². The molecule has 0 spiro atoms. The number of ether oxygens (including phenoxy) is 4. The van der Waals surface area contributed by atoms with Crippen molar-refractivity contribution in [3.05, 3.63) is 36.4 Å². The number of sulfonamides is 1. The maximum absolute atomic E-state index is 13.2. The first-order valence-electron chi connectivity index (χ1n) is 10.1. The van der Waals surface area contributed by atoms with E-state index in [0.29, 0.717) is 48.1 Å². The molecule has 10 heteroatoms. The summed E-state index contributed by atoms with van der Waals surface area (Å²) in [6, 6.07) is 9.53. The quantitative estimate of drug-likeness (QED) is 0.641. The van der Waals surface area contributed by atoms with Gasteiger partial charge in [-0.25, -0.2) is 8.42 Å². The van der Waals surface area contributed by atoms with Crippen LogP contribution in [0.4, 0.5) is 5.69 Å². The fraction of sp³-hybridized carbons (Fsp3) is 0.409. The van der Waals surface area contributed by atoms with E-state index in [1.54, 1.807) is 24.3 Å². The number of anilines is 1. The molecule has 2 aromatic carbocycles. The molecule has 0 saturated carbocycles. The number of hydrogen-bond donors (Lipinski definition) is 1. The van der Waals surface area contributed by atoms with Crippen molar-refractivity contribution in [2.75, 3.05) is 46.8 Å². The van der Waals surface area contributed by atoms with Crippen molar-refractivity contribution in [3.63, 3.8) is 0 Å². The monoisotopic (exact) mass is 464 g/mol. The van der Waals surface area contributed by atoms with Crippen LogP contribution in [0.1, 0.15) is 12.8 Å². The van der Waals surface area contributed by atoms with Crippen LogP contribution >= 0.6 is 0 Å². The lowest BCUT2D eigenvalue weighted by molar-refractivity contribution is -0.120. The minimum Gasteiger partial charge on any atom is -0.493 e. The van der Waals surface area contributed by atoms with Crippen molar-refractivity contribution < 1.29 is 32.2 Å². The molecular weight excluding hydrogens is 436 g/mol. The normalized spacial score (nSPS) is 16.8. The third-order valence-electron chi connectivity index (χ3n) is 5.40. The number of carbonyl (C=O) groups excluding carboxylic acids is 1. The predicted octanol–water partition coefficient (Wildman–Crippen LogP) is 2.76. The summed E-state index contributed by atoms with van der Waals surface area (Å²) in [6.07, 6.45) is 1.17. The van der Waals surface area contributed by atoms with Gasteiger partial charge in [0.15, 0.2) is 23.0 Å². The second kappa shape index (κ2) is 10.1. The molecule has 1 amide bonds. The Balaban J connectivity index is 1.75. The van der Waals surface area contributed by atoms with Gasteiger partial charge in [0.25, 0.3) is 0 Å². The van der Waals surface area contributed by atoms with Crippen LogP contribution in [0, 0.1) is 5.92 Å². The fourth-order valence-corrected chi connectivity index (χ4v) is 5.20. The molecule has 9 nitrogen and oxygen atoms in total. The zero-order chi connectivity index (χ0) is 23.3. The maximum Gasteiger partial charge on any atom is 0.243 e. The number of hydrogen-bond acceptors (Lipinski definition) is 7. The van der Waals surface area contributed by atoms with Gasteiger partial charge in [0.05, 0.1) is 39.3 Å². The number of rotatable bonds is 8. The van der Waals surface area contributed by atoms with Crippen LogP contribution in [0.15, 0.2) is 41.3 Å². The Kier molecular flexibility index (Phi) is 7.47. The van der Waals surface area contributed by atoms with Gasteiger partial charge >= 0.3 is 0 Å². The van der Waals surface area contributed by atoms with Crippen LogP contribution in [-0.2, 0) is 14.8 Å². The molecule has 1 N–H and O–H groups in total. The summed E-state index contributed by atoms with van der Waals surface area (Å²) < 4.78 is 48.6. The van der Waals surface area contributed by atoms with E-state index in [9.17, 15) is 13.2 Å². The van der Waals surface area contributed by atoms with Gasteiger partial charge in [-0.2, -0.15) is 4.31 Å². The minimum atomic E-state index is -3.80. The maximum atomic E-state index is 13.2. The van der Waals surface area contributed by atoms with E-state index in [1.165, 1.54) is 44.9 Å². The molecule has 3 rings (SSSR count). The van der Waals surface area contributed by atoms with Crippen LogP contribution in [0.25, 0.3) is 0 Å². The molecule has 0 radical (unpaired) electrons. The van der Waals surface area contributed by atoms with E-state index in [4.69, 9.17) is 18.9 Å². The number of piperidine rings is 1. The van der Waals surface area contributed by atoms with Crippen LogP contribution in [0.5, 0.6) is 23.0 Å². The van der Waals surface area contributed by atoms with Gasteiger partial charge in [-0.05, 0) is 37.1 Å². The van der Waals surface area contributed by atoms with Gasteiger partial charge in [-0.15, -0.1) is 0 Å². The molecular formula is C22H28N2O7S. The summed E-state index contributed by atoms with van der Waals surface area (Å²) in [5.74, 6) is 1.09. The summed E-state index contributed by atoms with van der Waals surface area (Å²) in [5, 5.41) is 2.85. The van der Waals surface area contributed by atoms with Gasteiger partial charge in [-0.1, -0.05) is 0 Å². The van der Waals surface area contributed by atoms with Crippen LogP contribution in [0.3, 0.4) is 0 Å². The van der Waals surface area contributed by atoms with Crippen LogP contribution < -0.4 is 24.3 Å². The number of carbonyl (C=O) groups is 1. The fourth-order valence-electron chi connectivity index (χ4n) is 3.66. The summed E-state index contributed by atoms with van der Waals surface area (Å²) >= 11 is 0. The van der Waals surface area contributed by atoms with E-state index >= 15 is 0 Å². The molecule has 1 atom stereocenters. The highest BCUT2D eigenvalue weighted by molar-refractivity contribution is 7.89. The number of methoxy groups -OCH3 is 4. The Morgan fingerprint density at radius 1 is 0.906 bits per heavy atom. The first-order chi connectivity index (χ1) is 15.3. The SMILES string of the molecule is COc1ccc(NC(=O)[C@H]2CCCN(S(=O)(=O)c3ccc(OC)c(OC)c3)C2)cc1OC. The van der Waals surface area contributed by atoms with Crippen LogP contribution in [0.2, 0.25) is 0 Å². The number of amides is 1. The smallest absolute Gasteiger partial charge is 0.243 e. The Labute approximate surface area is 188 Å². The molecule has 0 bridgehead atoms. The first kappa shape index (κ1) is 23.7. The molecule has 0 unspecified atom stereocenters. The first-order valence-corrected chi connectivity index (χ1v) is 11.5. The summed E-state index contributed by atoms with van der Waals surface area (Å²) in [7, 11) is 2.18. The van der Waals surface area contributed by atoms with Crippen molar-refractivity contribution in [1.82, 2.24) is 4.31 Å². The standard InChI is InChI=1S/C22H28N2O7S/c1-28-18-9-7-16(12-20(18)30-3)23-22(25)15-6-5-11-24(14-15)32(26,27)17-8-10-19(29-2)21(13-17)31-4/h7-10,12-13,15H,5-6,11,14H2,1-4H3,(H,23,25)/t15-/m0/s1. The molecule has 1 aliphatic rings. The average Bonchev–Trinajstić information content (AvgIpc) is 2.83. The molecule has 0 aromatic heterocycles. The average molecular weight is 465 g/mol. The topological polar surface area (TPSA) is 103 Å². The Hall–Kier alpha value is -2.98. The number of nitrogens with zero attached hydrogens (tertiary/aromatic N) is 1. The van der Waals surface area contributed by atoms with E-state index in [-0.39, 0.29) is 17.3 Å². The summed E-state index contributed by atoms with van der Waals surface area (Å²) in [6.45, 7) is 0.437. The highest BCUT2D eigenvalue weighted by atomic mass is 32.2. The molecule has 0 aliphatic carbocycles. The molecule has 32 heavy (non-hydrogen) atoms. The van der Waals surface area contributed by atoms with Gasteiger partial charge in [0, 0.05) is 30.9 Å². The third-order valence-corrected chi connectivity index (χ3v) is 7.26. The van der Waals surface area contributed by atoms with Gasteiger partial charge < -0.3 is 24.3 Å². The highest BCUT2D eigenvalue weighted by Gasteiger charge is 2.34. The van der Waals surface area contributed by atoms with E-state index < -0.39 is 15.9 Å². The van der Waals surface area contributed by atoms with Gasteiger partial charge in [0.1, 0.15) is 0 Å². The zero-order valence-corrected chi connectivity index (χ0v) is 19.4. The van der Waals surface area contributed by atoms with E-state index in [1.807, 2.05) is 0 Å². The molecule has 1 saturated heterocycles. The summed E-state index contributed by atoms with van der Waals surface area (Å²) in [5.41, 5.74) is 0.549. The van der Waals surface area contributed by atoms with Gasteiger partial charge in [-0.3, -0.25) is 4.79 Å². The summed E-state index contributed by atoms with van der Waals surface area (Å²) in [4.78, 5) is 13.0. The van der Waals surface area contributed by atoms with Crippen molar-refractivity contribution in [3.8, 4) is 23.0 Å². The van der Waals surface area contributed by atoms with Gasteiger partial charge in [0.2, 0.25) is 15.9 Å². The Morgan fingerprint density at radius 2 is 1.50 bits per heavy atom. The molecule has 1 aliphatic heterocycles. The molecule has 174 valence electrons. The lowest BCUT2D eigenvalue weighted by Crippen LogP contribution is -2.43. The van der Waals surface area contributed by atoms with E-state index in [0.717, 1.165) is 0 Å². The van der Waals surface area contributed by atoms with Crippen molar-refractivity contribution in [2.24, 2.45) is 5.92 Å². The minimum absolute atomic E-state index is 0.0931. The lowest BCUT2D eigenvalue weighted by Gasteiger charge is -2.31. The number of nitrogens with one attached hydrogen (secondary N) is 1. The molecule has 1 fully saturated rings. The second-order valence-electron chi connectivity index (χ2n) is 7.28. The predicted molar refractivity (Wildman–Crippen MR) is 119 cm³/mol. The Morgan fingerprint density at radius 3 is 2.12 bits per heavy atom. The Bertz CT molecular complexity index is 1070. The van der Waals surface area contributed by atoms with Crippen molar-refractivity contribution in [2.45, 2.75) is 17.7 Å². The highest BCUT2D eigenvalue weighted by Crippen LogP contribution is 2.33. The van der Waals surface area contributed by atoms with Crippen molar-refractivity contribution >= 4 is 21.6 Å². The lowest BCUT2D eigenvalue weighted by atomic mass is 9.98.